The molecule has 0 bridgehead atoms. The minimum atomic E-state index is -0.328. The van der Waals surface area contributed by atoms with Crippen molar-refractivity contribution >= 4 is 57.5 Å². The van der Waals surface area contributed by atoms with E-state index in [0.29, 0.717) is 32.2 Å². The minimum Gasteiger partial charge on any atom is -0.438 e. The van der Waals surface area contributed by atoms with Crippen molar-refractivity contribution in [2.45, 2.75) is 40.0 Å². The van der Waals surface area contributed by atoms with Crippen LogP contribution in [-0.4, -0.2) is 31.1 Å². The Morgan fingerprint density at radius 3 is 2.71 bits per heavy atom. The van der Waals surface area contributed by atoms with E-state index < -0.39 is 0 Å². The summed E-state index contributed by atoms with van der Waals surface area (Å²) in [5.74, 6) is 0.416. The molecule has 3 heterocycles. The third-order valence-corrected chi connectivity index (χ3v) is 7.33. The molecule has 1 amide bonds. The van der Waals surface area contributed by atoms with Gasteiger partial charge in [0.15, 0.2) is 0 Å². The van der Waals surface area contributed by atoms with Crippen molar-refractivity contribution in [2.24, 2.45) is 0 Å². The van der Waals surface area contributed by atoms with Crippen molar-refractivity contribution < 1.29 is 9.53 Å². The summed E-state index contributed by atoms with van der Waals surface area (Å²) in [5.41, 5.74) is 2.00. The highest BCUT2D eigenvalue weighted by molar-refractivity contribution is 8.26. The Balaban J connectivity index is 1.81. The first-order chi connectivity index (χ1) is 16.3. The Labute approximate surface area is 212 Å². The third kappa shape index (κ3) is 4.89. The summed E-state index contributed by atoms with van der Waals surface area (Å²) in [6, 6.07) is 8.88. The fourth-order valence-corrected chi connectivity index (χ4v) is 5.04. The Morgan fingerprint density at radius 2 is 1.97 bits per heavy atom. The Morgan fingerprint density at radius 1 is 1.18 bits per heavy atom. The predicted octanol–water partition coefficient (Wildman–Crippen LogP) is 6.15. The Bertz CT molecular complexity index is 1380. The smallest absolute Gasteiger partial charge is 0.269 e. The number of carbonyl (C=O) groups is 1. The minimum absolute atomic E-state index is 0.122. The van der Waals surface area contributed by atoms with Crippen LogP contribution >= 0.6 is 35.6 Å². The molecule has 9 heteroatoms. The molecular weight excluding hydrogens is 490 g/mol. The van der Waals surface area contributed by atoms with Crippen LogP contribution in [0.15, 0.2) is 46.2 Å². The number of thioether (sulfide) groups is 1. The van der Waals surface area contributed by atoms with Gasteiger partial charge in [0.2, 0.25) is 5.88 Å². The molecule has 0 spiro atoms. The van der Waals surface area contributed by atoms with Gasteiger partial charge in [0.05, 0.1) is 4.91 Å². The number of unbranched alkanes of at least 4 members (excludes halogenated alkanes) is 2. The van der Waals surface area contributed by atoms with Gasteiger partial charge in [-0.3, -0.25) is 18.9 Å². The van der Waals surface area contributed by atoms with Crippen LogP contribution in [0.2, 0.25) is 5.02 Å². The van der Waals surface area contributed by atoms with Gasteiger partial charge in [-0.2, -0.15) is 4.98 Å². The van der Waals surface area contributed by atoms with Crippen LogP contribution in [-0.2, 0) is 4.79 Å². The molecule has 34 heavy (non-hydrogen) atoms. The first-order valence-corrected chi connectivity index (χ1v) is 12.6. The topological polar surface area (TPSA) is 63.9 Å². The van der Waals surface area contributed by atoms with Gasteiger partial charge >= 0.3 is 0 Å². The second-order valence-electron chi connectivity index (χ2n) is 8.07. The fraction of sp³-hybridized carbons (Fsp3) is 0.280. The van der Waals surface area contributed by atoms with Crippen molar-refractivity contribution in [3.63, 3.8) is 0 Å². The number of fused-ring (bicyclic) bond motifs is 1. The number of hydrogen-bond acceptors (Lipinski definition) is 6. The number of amides is 1. The molecule has 0 radical (unpaired) electrons. The number of thiocarbonyl (C=S) groups is 1. The summed E-state index contributed by atoms with van der Waals surface area (Å²) < 4.78 is 8.03. The molecule has 1 aliphatic rings. The van der Waals surface area contributed by atoms with E-state index in [4.69, 9.17) is 28.6 Å². The molecule has 2 aromatic heterocycles. The quantitative estimate of drug-likeness (QED) is 0.214. The molecule has 1 aromatic carbocycles. The highest BCUT2D eigenvalue weighted by atomic mass is 35.5. The lowest BCUT2D eigenvalue weighted by Gasteiger charge is -2.14. The number of benzene rings is 1. The Kier molecular flexibility index (Phi) is 7.40. The van der Waals surface area contributed by atoms with Gasteiger partial charge in [-0.15, -0.1) is 0 Å². The van der Waals surface area contributed by atoms with Gasteiger partial charge in [0.1, 0.15) is 21.3 Å². The average Bonchev–Trinajstić information content (AvgIpc) is 3.07. The SMILES string of the molecule is CCCCCN1C(=O)/C(=C\c2c(Oc3ccc(Cl)c(C)c3)nc3c(C)cccn3c2=O)SC1=S. The molecule has 3 aromatic rings. The highest BCUT2D eigenvalue weighted by Gasteiger charge is 2.32. The average molecular weight is 514 g/mol. The standard InChI is InChI=1S/C25H24ClN3O3S2/c1-4-5-6-11-29-24(31)20(34-25(29)33)14-18-22(32-17-9-10-19(26)16(3)13-17)27-21-15(2)8-7-12-28(21)23(18)30/h7-10,12-14H,4-6,11H2,1-3H3/b20-14+. The molecule has 4 rings (SSSR count). The fourth-order valence-electron chi connectivity index (χ4n) is 3.63. The number of aryl methyl sites for hydroxylation is 2. The predicted molar refractivity (Wildman–Crippen MR) is 142 cm³/mol. The summed E-state index contributed by atoms with van der Waals surface area (Å²) in [7, 11) is 0. The molecule has 1 saturated heterocycles. The lowest BCUT2D eigenvalue weighted by atomic mass is 10.2. The van der Waals surface area contributed by atoms with Crippen LogP contribution in [0.5, 0.6) is 11.6 Å². The molecule has 1 aliphatic heterocycles. The maximum absolute atomic E-state index is 13.5. The maximum Gasteiger partial charge on any atom is 0.269 e. The van der Waals surface area contributed by atoms with Crippen LogP contribution in [0.1, 0.15) is 42.9 Å². The normalized spacial score (nSPS) is 15.1. The van der Waals surface area contributed by atoms with Gasteiger partial charge in [-0.05, 0) is 61.7 Å². The number of halogens is 1. The van der Waals surface area contributed by atoms with Crippen LogP contribution in [0, 0.1) is 13.8 Å². The molecule has 0 aliphatic carbocycles. The third-order valence-electron chi connectivity index (χ3n) is 5.53. The maximum atomic E-state index is 13.5. The zero-order valence-corrected chi connectivity index (χ0v) is 21.5. The molecule has 0 unspecified atom stereocenters. The van der Waals surface area contributed by atoms with Crippen LogP contribution in [0.25, 0.3) is 11.7 Å². The van der Waals surface area contributed by atoms with E-state index in [-0.39, 0.29) is 22.9 Å². The van der Waals surface area contributed by atoms with E-state index in [1.54, 1.807) is 41.4 Å². The van der Waals surface area contributed by atoms with Gasteiger partial charge in [-0.25, -0.2) is 0 Å². The number of carbonyl (C=O) groups excluding carboxylic acids is 1. The molecule has 6 nitrogen and oxygen atoms in total. The highest BCUT2D eigenvalue weighted by Crippen LogP contribution is 2.34. The zero-order chi connectivity index (χ0) is 24.4. The molecule has 0 atom stereocenters. The lowest BCUT2D eigenvalue weighted by molar-refractivity contribution is -0.122. The molecule has 1 fully saturated rings. The first-order valence-electron chi connectivity index (χ1n) is 11.0. The van der Waals surface area contributed by atoms with Gasteiger partial charge in [0.25, 0.3) is 11.5 Å². The monoisotopic (exact) mass is 513 g/mol. The first kappa shape index (κ1) is 24.4. The summed E-state index contributed by atoms with van der Waals surface area (Å²) in [6.45, 7) is 6.42. The molecular formula is C25H24ClN3O3S2. The van der Waals surface area contributed by atoms with Gasteiger partial charge in [0, 0.05) is 17.8 Å². The van der Waals surface area contributed by atoms with E-state index in [2.05, 4.69) is 11.9 Å². The number of hydrogen-bond donors (Lipinski definition) is 0. The number of pyridine rings is 1. The van der Waals surface area contributed by atoms with Crippen molar-refractivity contribution in [3.05, 3.63) is 73.5 Å². The van der Waals surface area contributed by atoms with Crippen LogP contribution in [0.4, 0.5) is 0 Å². The summed E-state index contributed by atoms with van der Waals surface area (Å²) in [5, 5.41) is 0.613. The number of rotatable bonds is 7. The zero-order valence-electron chi connectivity index (χ0n) is 19.1. The van der Waals surface area contributed by atoms with Crippen LogP contribution in [0.3, 0.4) is 0 Å². The van der Waals surface area contributed by atoms with E-state index in [1.807, 2.05) is 19.9 Å². The van der Waals surface area contributed by atoms with Crippen LogP contribution < -0.4 is 10.3 Å². The second kappa shape index (κ2) is 10.3. The van der Waals surface area contributed by atoms with E-state index >= 15 is 0 Å². The van der Waals surface area contributed by atoms with E-state index in [1.165, 1.54) is 16.2 Å². The summed E-state index contributed by atoms with van der Waals surface area (Å²) >= 11 is 12.8. The molecule has 176 valence electrons. The van der Waals surface area contributed by atoms with Gasteiger partial charge < -0.3 is 4.74 Å². The van der Waals surface area contributed by atoms with Crippen molar-refractivity contribution in [2.75, 3.05) is 6.54 Å². The largest absolute Gasteiger partial charge is 0.438 e. The lowest BCUT2D eigenvalue weighted by Crippen LogP contribution is -2.29. The van der Waals surface area contributed by atoms with Gasteiger partial charge in [-0.1, -0.05) is 61.4 Å². The molecule has 0 N–H and O–H groups in total. The number of nitrogens with zero attached hydrogens (tertiary/aromatic N) is 3. The van der Waals surface area contributed by atoms with E-state index in [9.17, 15) is 9.59 Å². The summed E-state index contributed by atoms with van der Waals surface area (Å²) in [6.07, 6.45) is 6.14. The Hall–Kier alpha value is -2.68. The second-order valence-corrected chi connectivity index (χ2v) is 10.2. The summed E-state index contributed by atoms with van der Waals surface area (Å²) in [4.78, 5) is 33.2. The molecule has 0 saturated carbocycles. The van der Waals surface area contributed by atoms with Crippen molar-refractivity contribution in [1.82, 2.24) is 14.3 Å². The number of aromatic nitrogens is 2. The van der Waals surface area contributed by atoms with Crippen molar-refractivity contribution in [1.29, 1.82) is 0 Å². The van der Waals surface area contributed by atoms with E-state index in [0.717, 1.165) is 30.4 Å². The van der Waals surface area contributed by atoms with Crippen molar-refractivity contribution in [3.8, 4) is 11.6 Å². The number of ether oxygens (including phenoxy) is 1.